The highest BCUT2D eigenvalue weighted by Gasteiger charge is 2.25. The second-order valence-corrected chi connectivity index (χ2v) is 7.15. The first-order valence-electron chi connectivity index (χ1n) is 7.59. The molecule has 0 aromatic carbocycles. The Morgan fingerprint density at radius 3 is 2.05 bits per heavy atom. The number of carbonyl (C=O) groups is 1. The van der Waals surface area contributed by atoms with Crippen LogP contribution in [0.3, 0.4) is 0 Å². The molecule has 1 saturated heterocycles. The number of hydrogen-bond acceptors (Lipinski definition) is 4. The molecule has 0 atom stereocenters. The molecule has 5 heteroatoms. The summed E-state index contributed by atoms with van der Waals surface area (Å²) < 4.78 is 0. The van der Waals surface area contributed by atoms with Gasteiger partial charge in [-0.05, 0) is 34.1 Å². The van der Waals surface area contributed by atoms with E-state index >= 15 is 0 Å². The third kappa shape index (κ3) is 6.68. The lowest BCUT2D eigenvalue weighted by atomic mass is 10.0. The lowest BCUT2D eigenvalue weighted by Crippen LogP contribution is -2.54. The van der Waals surface area contributed by atoms with Gasteiger partial charge in [0.1, 0.15) is 0 Å². The fourth-order valence-corrected chi connectivity index (χ4v) is 2.36. The highest BCUT2D eigenvalue weighted by atomic mass is 16.3. The molecule has 0 aliphatic carbocycles. The Morgan fingerprint density at radius 2 is 1.60 bits per heavy atom. The van der Waals surface area contributed by atoms with Crippen molar-refractivity contribution in [2.45, 2.75) is 52.2 Å². The summed E-state index contributed by atoms with van der Waals surface area (Å²) in [6, 6.07) is 0. The van der Waals surface area contributed by atoms with Crippen LogP contribution in [0, 0.1) is 0 Å². The summed E-state index contributed by atoms with van der Waals surface area (Å²) in [6.07, 6.45) is 0.929. The Morgan fingerprint density at radius 1 is 1.10 bits per heavy atom. The second-order valence-electron chi connectivity index (χ2n) is 7.15. The van der Waals surface area contributed by atoms with Gasteiger partial charge in [0.05, 0.1) is 12.1 Å². The van der Waals surface area contributed by atoms with Crippen molar-refractivity contribution in [2.75, 3.05) is 39.3 Å². The molecule has 1 heterocycles. The maximum atomic E-state index is 12.0. The third-order valence-corrected chi connectivity index (χ3v) is 3.80. The molecule has 0 unspecified atom stereocenters. The van der Waals surface area contributed by atoms with Crippen LogP contribution in [0.4, 0.5) is 0 Å². The van der Waals surface area contributed by atoms with Gasteiger partial charge < -0.3 is 10.4 Å². The number of nitrogens with one attached hydrogen (secondary N) is 1. The summed E-state index contributed by atoms with van der Waals surface area (Å²) in [6.45, 7) is 14.6. The maximum absolute atomic E-state index is 12.0. The van der Waals surface area contributed by atoms with Crippen molar-refractivity contribution in [3.63, 3.8) is 0 Å². The molecule has 1 fully saturated rings. The van der Waals surface area contributed by atoms with E-state index in [2.05, 4.69) is 22.0 Å². The van der Waals surface area contributed by atoms with E-state index in [1.54, 1.807) is 0 Å². The van der Waals surface area contributed by atoms with Crippen LogP contribution in [0.2, 0.25) is 0 Å². The minimum absolute atomic E-state index is 0.104. The maximum Gasteiger partial charge on any atom is 0.234 e. The molecular formula is C15H31N3O2. The average molecular weight is 285 g/mol. The number of nitrogens with zero attached hydrogens (tertiary/aromatic N) is 2. The van der Waals surface area contributed by atoms with E-state index in [0.717, 1.165) is 32.6 Å². The molecule has 0 saturated carbocycles. The minimum atomic E-state index is -0.648. The summed E-state index contributed by atoms with van der Waals surface area (Å²) in [5.41, 5.74) is -0.773. The van der Waals surface area contributed by atoms with E-state index in [1.165, 1.54) is 0 Å². The molecule has 0 bridgehead atoms. The lowest BCUT2D eigenvalue weighted by Gasteiger charge is -2.37. The van der Waals surface area contributed by atoms with Crippen molar-refractivity contribution in [1.82, 2.24) is 15.1 Å². The summed E-state index contributed by atoms with van der Waals surface area (Å²) in [5.74, 6) is 0.104. The Bertz CT molecular complexity index is 316. The van der Waals surface area contributed by atoms with Crippen LogP contribution in [0.25, 0.3) is 0 Å². The van der Waals surface area contributed by atoms with Crippen molar-refractivity contribution in [3.8, 4) is 0 Å². The van der Waals surface area contributed by atoms with Gasteiger partial charge in [0.15, 0.2) is 0 Å². The number of aliphatic hydroxyl groups is 1. The van der Waals surface area contributed by atoms with Crippen LogP contribution in [-0.4, -0.2) is 71.2 Å². The van der Waals surface area contributed by atoms with Gasteiger partial charge in [-0.15, -0.1) is 0 Å². The summed E-state index contributed by atoms with van der Waals surface area (Å²) >= 11 is 0. The lowest BCUT2D eigenvalue weighted by molar-refractivity contribution is -0.124. The SMILES string of the molecule is CCC(C)(C)NC(=O)CN1CCN(CC(C)(C)O)CC1. The van der Waals surface area contributed by atoms with E-state index in [1.807, 2.05) is 27.7 Å². The fraction of sp³-hybridized carbons (Fsp3) is 0.933. The van der Waals surface area contributed by atoms with Gasteiger partial charge in [0.2, 0.25) is 5.91 Å². The third-order valence-electron chi connectivity index (χ3n) is 3.80. The van der Waals surface area contributed by atoms with Gasteiger partial charge in [0.25, 0.3) is 0 Å². The van der Waals surface area contributed by atoms with Crippen molar-refractivity contribution >= 4 is 5.91 Å². The van der Waals surface area contributed by atoms with Gasteiger partial charge in [-0.3, -0.25) is 14.6 Å². The zero-order chi connectivity index (χ0) is 15.4. The fourth-order valence-electron chi connectivity index (χ4n) is 2.36. The zero-order valence-electron chi connectivity index (χ0n) is 13.7. The molecule has 1 rings (SSSR count). The predicted octanol–water partition coefficient (Wildman–Crippen LogP) is 0.680. The van der Waals surface area contributed by atoms with E-state index in [-0.39, 0.29) is 11.4 Å². The molecule has 2 N–H and O–H groups in total. The molecule has 0 radical (unpaired) electrons. The number of piperazine rings is 1. The largest absolute Gasteiger partial charge is 0.389 e. The summed E-state index contributed by atoms with van der Waals surface area (Å²) in [7, 11) is 0. The molecular weight excluding hydrogens is 254 g/mol. The van der Waals surface area contributed by atoms with Crippen LogP contribution in [0.1, 0.15) is 41.0 Å². The Labute approximate surface area is 123 Å². The molecule has 1 amide bonds. The molecule has 0 aromatic rings. The molecule has 0 spiro atoms. The standard InChI is InChI=1S/C15H31N3O2/c1-6-14(2,3)16-13(19)11-17-7-9-18(10-8-17)12-15(4,5)20/h20H,6-12H2,1-5H3,(H,16,19). The highest BCUT2D eigenvalue weighted by Crippen LogP contribution is 2.09. The van der Waals surface area contributed by atoms with Crippen molar-refractivity contribution < 1.29 is 9.90 Å². The van der Waals surface area contributed by atoms with Gasteiger partial charge >= 0.3 is 0 Å². The minimum Gasteiger partial charge on any atom is -0.389 e. The van der Waals surface area contributed by atoms with Crippen molar-refractivity contribution in [3.05, 3.63) is 0 Å². The quantitative estimate of drug-likeness (QED) is 0.753. The number of carbonyl (C=O) groups excluding carboxylic acids is 1. The number of rotatable bonds is 6. The Hall–Kier alpha value is -0.650. The first-order valence-corrected chi connectivity index (χ1v) is 7.59. The molecule has 0 aromatic heterocycles. The topological polar surface area (TPSA) is 55.8 Å². The van der Waals surface area contributed by atoms with E-state index in [0.29, 0.717) is 13.1 Å². The van der Waals surface area contributed by atoms with E-state index < -0.39 is 5.60 Å². The molecule has 118 valence electrons. The second kappa shape index (κ2) is 6.87. The summed E-state index contributed by atoms with van der Waals surface area (Å²) in [5, 5.41) is 12.9. The molecule has 1 aliphatic heterocycles. The van der Waals surface area contributed by atoms with E-state index in [4.69, 9.17) is 0 Å². The average Bonchev–Trinajstić information content (AvgIpc) is 2.29. The highest BCUT2D eigenvalue weighted by molar-refractivity contribution is 5.78. The van der Waals surface area contributed by atoms with Crippen LogP contribution in [0.15, 0.2) is 0 Å². The number of amides is 1. The molecule has 20 heavy (non-hydrogen) atoms. The normalized spacial score (nSPS) is 19.1. The van der Waals surface area contributed by atoms with Gasteiger partial charge in [0, 0.05) is 38.3 Å². The van der Waals surface area contributed by atoms with Crippen LogP contribution >= 0.6 is 0 Å². The zero-order valence-corrected chi connectivity index (χ0v) is 13.7. The predicted molar refractivity (Wildman–Crippen MR) is 81.7 cm³/mol. The van der Waals surface area contributed by atoms with Gasteiger partial charge in [-0.25, -0.2) is 0 Å². The first kappa shape index (κ1) is 17.4. The van der Waals surface area contributed by atoms with E-state index in [9.17, 15) is 9.90 Å². The molecule has 1 aliphatic rings. The molecule has 5 nitrogen and oxygen atoms in total. The number of hydrogen-bond donors (Lipinski definition) is 2. The Kier molecular flexibility index (Phi) is 5.98. The Balaban J connectivity index is 2.30. The van der Waals surface area contributed by atoms with Crippen molar-refractivity contribution in [1.29, 1.82) is 0 Å². The number of β-amino-alcohol motifs (C(OH)–C–C–N with tert-alkyl or cyclic N) is 1. The first-order chi connectivity index (χ1) is 9.11. The smallest absolute Gasteiger partial charge is 0.234 e. The van der Waals surface area contributed by atoms with Gasteiger partial charge in [-0.2, -0.15) is 0 Å². The van der Waals surface area contributed by atoms with Crippen LogP contribution in [-0.2, 0) is 4.79 Å². The van der Waals surface area contributed by atoms with Crippen LogP contribution < -0.4 is 5.32 Å². The van der Waals surface area contributed by atoms with Gasteiger partial charge in [-0.1, -0.05) is 6.92 Å². The van der Waals surface area contributed by atoms with Crippen LogP contribution in [0.5, 0.6) is 0 Å². The monoisotopic (exact) mass is 285 g/mol. The summed E-state index contributed by atoms with van der Waals surface area (Å²) in [4.78, 5) is 16.4. The van der Waals surface area contributed by atoms with Crippen molar-refractivity contribution in [2.24, 2.45) is 0 Å².